The van der Waals surface area contributed by atoms with Crippen molar-refractivity contribution in [1.29, 1.82) is 0 Å². The molecule has 1 aromatic carbocycles. The number of nitrogens with one attached hydrogen (secondary N) is 2. The number of H-pyrrole nitrogens is 1. The summed E-state index contributed by atoms with van der Waals surface area (Å²) in [5, 5.41) is 2.93. The van der Waals surface area contributed by atoms with Crippen LogP contribution in [0.1, 0.15) is 28.9 Å². The van der Waals surface area contributed by atoms with Crippen molar-refractivity contribution < 1.29 is 13.6 Å². The van der Waals surface area contributed by atoms with Crippen LogP contribution in [0.4, 0.5) is 14.7 Å². The van der Waals surface area contributed by atoms with Crippen LogP contribution in [-0.2, 0) is 0 Å². The Morgan fingerprint density at radius 1 is 1.33 bits per heavy atom. The standard InChI is InChI=1S/C18H20F2N4O2S/c1-11-10-15(25)23-18(21-11)24-8-6-12(7-9-24)22-16(26)13-4-2-3-5-14(13)27-17(19)20/h2-5,10,12,17H,6-9H2,1H3,(H,22,26)(H,21,23,25). The molecule has 0 saturated carbocycles. The molecule has 1 aliphatic rings. The molecule has 2 heterocycles. The highest BCUT2D eigenvalue weighted by Crippen LogP contribution is 2.28. The zero-order valence-electron chi connectivity index (χ0n) is 14.7. The molecule has 0 bridgehead atoms. The number of amides is 1. The predicted octanol–water partition coefficient (Wildman–Crippen LogP) is 2.79. The van der Waals surface area contributed by atoms with Crippen molar-refractivity contribution in [2.24, 2.45) is 0 Å². The molecular weight excluding hydrogens is 374 g/mol. The van der Waals surface area contributed by atoms with E-state index in [0.717, 1.165) is 0 Å². The number of carbonyl (C=O) groups excluding carboxylic acids is 1. The summed E-state index contributed by atoms with van der Waals surface area (Å²) >= 11 is 0.371. The lowest BCUT2D eigenvalue weighted by Crippen LogP contribution is -2.45. The smallest absolute Gasteiger partial charge is 0.288 e. The van der Waals surface area contributed by atoms with Crippen LogP contribution in [0.3, 0.4) is 0 Å². The van der Waals surface area contributed by atoms with Gasteiger partial charge in [-0.15, -0.1) is 0 Å². The number of hydrogen-bond acceptors (Lipinski definition) is 5. The van der Waals surface area contributed by atoms with E-state index in [9.17, 15) is 18.4 Å². The van der Waals surface area contributed by atoms with Gasteiger partial charge in [-0.2, -0.15) is 8.78 Å². The summed E-state index contributed by atoms with van der Waals surface area (Å²) in [5.74, 6) is -2.39. The Morgan fingerprint density at radius 3 is 2.70 bits per heavy atom. The zero-order chi connectivity index (χ0) is 19.4. The number of aryl methyl sites for hydroxylation is 1. The molecule has 27 heavy (non-hydrogen) atoms. The Labute approximate surface area is 159 Å². The number of alkyl halides is 2. The number of rotatable bonds is 5. The Morgan fingerprint density at radius 2 is 2.04 bits per heavy atom. The first kappa shape index (κ1) is 19.3. The van der Waals surface area contributed by atoms with Gasteiger partial charge >= 0.3 is 0 Å². The number of hydrogen-bond donors (Lipinski definition) is 2. The van der Waals surface area contributed by atoms with Crippen LogP contribution >= 0.6 is 11.8 Å². The molecule has 1 aromatic heterocycles. The van der Waals surface area contributed by atoms with Gasteiger partial charge < -0.3 is 10.2 Å². The number of piperidine rings is 1. The van der Waals surface area contributed by atoms with Crippen LogP contribution in [0, 0.1) is 6.92 Å². The SMILES string of the molecule is Cc1cc(=O)[nH]c(N2CCC(NC(=O)c3ccccc3SC(F)F)CC2)n1. The van der Waals surface area contributed by atoms with Crippen LogP contribution < -0.4 is 15.8 Å². The van der Waals surface area contributed by atoms with Gasteiger partial charge in [-0.3, -0.25) is 14.6 Å². The quantitative estimate of drug-likeness (QED) is 0.763. The third-order valence-electron chi connectivity index (χ3n) is 4.33. The summed E-state index contributed by atoms with van der Waals surface area (Å²) < 4.78 is 25.4. The molecule has 1 amide bonds. The maximum Gasteiger partial charge on any atom is 0.288 e. The first-order chi connectivity index (χ1) is 12.9. The van der Waals surface area contributed by atoms with Gasteiger partial charge in [0.15, 0.2) is 0 Å². The number of aromatic nitrogens is 2. The minimum absolute atomic E-state index is 0.0603. The van der Waals surface area contributed by atoms with Gasteiger partial charge in [-0.1, -0.05) is 23.9 Å². The fraction of sp³-hybridized carbons (Fsp3) is 0.389. The van der Waals surface area contributed by atoms with E-state index in [1.165, 1.54) is 12.1 Å². The first-order valence-corrected chi connectivity index (χ1v) is 9.48. The van der Waals surface area contributed by atoms with Crippen LogP contribution in [-0.4, -0.2) is 40.8 Å². The van der Waals surface area contributed by atoms with Crippen LogP contribution in [0.2, 0.25) is 0 Å². The second-order valence-electron chi connectivity index (χ2n) is 6.32. The van der Waals surface area contributed by atoms with E-state index in [-0.39, 0.29) is 28.0 Å². The third-order valence-corrected chi connectivity index (χ3v) is 5.12. The normalized spacial score (nSPS) is 15.2. The molecule has 6 nitrogen and oxygen atoms in total. The zero-order valence-corrected chi connectivity index (χ0v) is 15.6. The minimum atomic E-state index is -2.58. The van der Waals surface area contributed by atoms with E-state index in [1.807, 2.05) is 4.90 Å². The molecular formula is C18H20F2N4O2S. The van der Waals surface area contributed by atoms with Gasteiger partial charge in [0.2, 0.25) is 5.95 Å². The second-order valence-corrected chi connectivity index (χ2v) is 7.35. The highest BCUT2D eigenvalue weighted by molar-refractivity contribution is 7.99. The Hall–Kier alpha value is -2.42. The lowest BCUT2D eigenvalue weighted by molar-refractivity contribution is 0.0928. The van der Waals surface area contributed by atoms with Crippen molar-refractivity contribution in [2.45, 2.75) is 36.5 Å². The number of aromatic amines is 1. The summed E-state index contributed by atoms with van der Waals surface area (Å²) in [5.41, 5.74) is 0.716. The molecule has 0 aliphatic carbocycles. The summed E-state index contributed by atoms with van der Waals surface area (Å²) in [6.45, 7) is 3.02. The molecule has 1 fully saturated rings. The number of thioether (sulfide) groups is 1. The van der Waals surface area contributed by atoms with Crippen molar-refractivity contribution in [3.8, 4) is 0 Å². The Balaban J connectivity index is 1.61. The van der Waals surface area contributed by atoms with Crippen molar-refractivity contribution >= 4 is 23.6 Å². The summed E-state index contributed by atoms with van der Waals surface area (Å²) in [4.78, 5) is 33.4. The molecule has 0 spiro atoms. The fourth-order valence-corrected chi connectivity index (χ4v) is 3.70. The molecule has 3 rings (SSSR count). The molecule has 0 atom stereocenters. The topological polar surface area (TPSA) is 78.1 Å². The van der Waals surface area contributed by atoms with Crippen molar-refractivity contribution in [1.82, 2.24) is 15.3 Å². The lowest BCUT2D eigenvalue weighted by atomic mass is 10.0. The number of halogens is 2. The molecule has 0 unspecified atom stereocenters. The van der Waals surface area contributed by atoms with Crippen molar-refractivity contribution in [3.05, 3.63) is 51.9 Å². The van der Waals surface area contributed by atoms with Gasteiger partial charge in [0.05, 0.1) is 5.56 Å². The molecule has 144 valence electrons. The number of benzene rings is 1. The van der Waals surface area contributed by atoms with Crippen molar-refractivity contribution in [2.75, 3.05) is 18.0 Å². The number of anilines is 1. The average molecular weight is 394 g/mol. The molecule has 9 heteroatoms. The van der Waals surface area contributed by atoms with Gasteiger partial charge in [0.1, 0.15) is 0 Å². The fourth-order valence-electron chi connectivity index (χ4n) is 3.06. The molecule has 2 N–H and O–H groups in total. The number of carbonyl (C=O) groups is 1. The van der Waals surface area contributed by atoms with Gasteiger partial charge in [0.25, 0.3) is 17.2 Å². The maximum atomic E-state index is 12.7. The summed E-state index contributed by atoms with van der Waals surface area (Å²) in [7, 11) is 0. The van der Waals surface area contributed by atoms with Crippen LogP contribution in [0.25, 0.3) is 0 Å². The highest BCUT2D eigenvalue weighted by atomic mass is 32.2. The Kier molecular flexibility index (Phi) is 6.10. The van der Waals surface area contributed by atoms with E-state index in [1.54, 1.807) is 25.1 Å². The third kappa shape index (κ3) is 5.06. The monoisotopic (exact) mass is 394 g/mol. The predicted molar refractivity (Wildman–Crippen MR) is 101 cm³/mol. The van der Waals surface area contributed by atoms with E-state index >= 15 is 0 Å². The summed E-state index contributed by atoms with van der Waals surface area (Å²) in [6.07, 6.45) is 1.35. The largest absolute Gasteiger partial charge is 0.349 e. The van der Waals surface area contributed by atoms with Gasteiger partial charge in [-0.25, -0.2) is 4.98 Å². The highest BCUT2D eigenvalue weighted by Gasteiger charge is 2.24. The van der Waals surface area contributed by atoms with E-state index < -0.39 is 5.76 Å². The van der Waals surface area contributed by atoms with Crippen molar-refractivity contribution in [3.63, 3.8) is 0 Å². The van der Waals surface area contributed by atoms with Gasteiger partial charge in [-0.05, 0) is 31.9 Å². The van der Waals surface area contributed by atoms with Crippen LogP contribution in [0.5, 0.6) is 0 Å². The molecule has 2 aromatic rings. The van der Waals surface area contributed by atoms with E-state index in [4.69, 9.17) is 0 Å². The van der Waals surface area contributed by atoms with Crippen LogP contribution in [0.15, 0.2) is 40.0 Å². The van der Waals surface area contributed by atoms with E-state index in [2.05, 4.69) is 15.3 Å². The molecule has 0 radical (unpaired) electrons. The van der Waals surface area contributed by atoms with Gasteiger partial charge in [0, 0.05) is 35.8 Å². The lowest BCUT2D eigenvalue weighted by Gasteiger charge is -2.32. The van der Waals surface area contributed by atoms with E-state index in [0.29, 0.717) is 49.3 Å². The molecule has 1 aliphatic heterocycles. The minimum Gasteiger partial charge on any atom is -0.349 e. The first-order valence-electron chi connectivity index (χ1n) is 8.60. The Bertz CT molecular complexity index is 866. The molecule has 1 saturated heterocycles. The maximum absolute atomic E-state index is 12.7. The summed E-state index contributed by atoms with van der Waals surface area (Å²) in [6, 6.07) is 7.74. The average Bonchev–Trinajstić information content (AvgIpc) is 2.61. The second kappa shape index (κ2) is 8.51. The number of nitrogens with zero attached hydrogens (tertiary/aromatic N) is 2.